The maximum atomic E-state index is 12.0. The second kappa shape index (κ2) is 10.1. The topological polar surface area (TPSA) is 117 Å². The van der Waals surface area contributed by atoms with E-state index in [0.717, 1.165) is 10.9 Å². The van der Waals surface area contributed by atoms with E-state index in [4.69, 9.17) is 29.6 Å². The van der Waals surface area contributed by atoms with Crippen LogP contribution in [0.15, 0.2) is 47.0 Å². The maximum absolute atomic E-state index is 12.0. The Morgan fingerprint density at radius 2 is 2.00 bits per heavy atom. The van der Waals surface area contributed by atoms with Crippen molar-refractivity contribution in [3.63, 3.8) is 0 Å². The lowest BCUT2D eigenvalue weighted by Crippen LogP contribution is -2.37. The lowest BCUT2D eigenvalue weighted by molar-refractivity contribution is -0.134. The molecule has 0 atom stereocenters. The minimum absolute atomic E-state index is 0. The number of anilines is 1. The molecule has 1 aromatic carbocycles. The van der Waals surface area contributed by atoms with Crippen molar-refractivity contribution in [2.75, 3.05) is 37.7 Å². The van der Waals surface area contributed by atoms with Crippen LogP contribution in [0, 0.1) is 0 Å². The second-order valence-corrected chi connectivity index (χ2v) is 7.50. The molecular formula is C23H24ClN5O4. The molecule has 0 unspecified atom stereocenters. The quantitative estimate of drug-likeness (QED) is 0.335. The van der Waals surface area contributed by atoms with Gasteiger partial charge in [-0.15, -0.1) is 12.4 Å². The Labute approximate surface area is 196 Å². The van der Waals surface area contributed by atoms with E-state index in [1.165, 1.54) is 0 Å². The predicted octanol–water partition coefficient (Wildman–Crippen LogP) is 3.34. The molecule has 0 saturated carbocycles. The van der Waals surface area contributed by atoms with Gasteiger partial charge in [0.15, 0.2) is 17.2 Å². The van der Waals surface area contributed by atoms with Crippen LogP contribution < -0.4 is 15.4 Å². The highest BCUT2D eigenvalue weighted by Gasteiger charge is 2.23. The molecule has 1 aliphatic heterocycles. The van der Waals surface area contributed by atoms with Crippen LogP contribution in [0.5, 0.6) is 5.75 Å². The van der Waals surface area contributed by atoms with E-state index in [9.17, 15) is 4.79 Å². The molecule has 0 aliphatic carbocycles. The summed E-state index contributed by atoms with van der Waals surface area (Å²) in [6, 6.07) is 11.0. The highest BCUT2D eigenvalue weighted by molar-refractivity contribution is 6.05. The summed E-state index contributed by atoms with van der Waals surface area (Å²) >= 11 is 0. The number of aromatic nitrogens is 3. The van der Waals surface area contributed by atoms with Crippen LogP contribution in [0.25, 0.3) is 33.6 Å². The minimum atomic E-state index is -0.315. The van der Waals surface area contributed by atoms with Crippen molar-refractivity contribution < 1.29 is 18.7 Å². The van der Waals surface area contributed by atoms with Crippen LogP contribution in [0.1, 0.15) is 12.8 Å². The Hall–Kier alpha value is -3.27. The average molecular weight is 470 g/mol. The summed E-state index contributed by atoms with van der Waals surface area (Å²) in [6.07, 6.45) is 2.55. The van der Waals surface area contributed by atoms with E-state index in [1.54, 1.807) is 18.3 Å². The predicted molar refractivity (Wildman–Crippen MR) is 127 cm³/mol. The zero-order valence-electron chi connectivity index (χ0n) is 17.9. The summed E-state index contributed by atoms with van der Waals surface area (Å²) in [5, 5.41) is 0.824. The molecule has 10 heteroatoms. The number of rotatable bonds is 6. The third-order valence-corrected chi connectivity index (χ3v) is 5.29. The van der Waals surface area contributed by atoms with Gasteiger partial charge >= 0.3 is 5.97 Å². The van der Waals surface area contributed by atoms with Gasteiger partial charge in [-0.1, -0.05) is 12.1 Å². The smallest absolute Gasteiger partial charge is 0.311 e. The Morgan fingerprint density at radius 3 is 2.82 bits per heavy atom. The number of halogens is 1. The number of fused-ring (bicyclic) bond motifs is 3. The van der Waals surface area contributed by atoms with Crippen LogP contribution in [0.2, 0.25) is 0 Å². The van der Waals surface area contributed by atoms with E-state index >= 15 is 0 Å². The van der Waals surface area contributed by atoms with Crippen LogP contribution in [0.4, 0.5) is 5.82 Å². The van der Waals surface area contributed by atoms with Crippen LogP contribution in [0.3, 0.4) is 0 Å². The van der Waals surface area contributed by atoms with Crippen molar-refractivity contribution in [3.8, 4) is 17.1 Å². The lowest BCUT2D eigenvalue weighted by atomic mass is 10.2. The highest BCUT2D eigenvalue weighted by Crippen LogP contribution is 2.34. The summed E-state index contributed by atoms with van der Waals surface area (Å²) in [7, 11) is 0. The van der Waals surface area contributed by atoms with Crippen molar-refractivity contribution in [1.82, 2.24) is 15.0 Å². The van der Waals surface area contributed by atoms with Crippen molar-refractivity contribution in [3.05, 3.63) is 42.6 Å². The molecule has 5 rings (SSSR count). The van der Waals surface area contributed by atoms with Gasteiger partial charge in [0.25, 0.3) is 0 Å². The fraction of sp³-hybridized carbons (Fsp3) is 0.304. The number of pyridine rings is 1. The molecule has 0 radical (unpaired) electrons. The molecule has 4 aromatic rings. The van der Waals surface area contributed by atoms with Gasteiger partial charge < -0.3 is 24.5 Å². The summed E-state index contributed by atoms with van der Waals surface area (Å²) in [4.78, 5) is 28.1. The largest absolute Gasteiger partial charge is 0.432 e. The van der Waals surface area contributed by atoms with E-state index in [2.05, 4.69) is 9.88 Å². The molecule has 2 N–H and O–H groups in total. The molecule has 0 amide bonds. The number of carbonyl (C=O) groups is 1. The Kier molecular flexibility index (Phi) is 7.02. The number of furan rings is 1. The van der Waals surface area contributed by atoms with Crippen molar-refractivity contribution in [2.24, 2.45) is 5.73 Å². The van der Waals surface area contributed by atoms with Crippen molar-refractivity contribution >= 4 is 46.4 Å². The van der Waals surface area contributed by atoms with Crippen LogP contribution >= 0.6 is 12.4 Å². The van der Waals surface area contributed by atoms with E-state index in [0.29, 0.717) is 73.5 Å². The molecular weight excluding hydrogens is 446 g/mol. The Morgan fingerprint density at radius 1 is 1.15 bits per heavy atom. The van der Waals surface area contributed by atoms with Gasteiger partial charge in [0.2, 0.25) is 5.71 Å². The molecule has 1 aliphatic rings. The zero-order valence-corrected chi connectivity index (χ0v) is 18.7. The number of ether oxygens (including phenoxy) is 2. The number of carbonyl (C=O) groups excluding carboxylic acids is 1. The van der Waals surface area contributed by atoms with Gasteiger partial charge in [-0.3, -0.25) is 4.79 Å². The molecule has 0 spiro atoms. The summed E-state index contributed by atoms with van der Waals surface area (Å²) in [5.41, 5.74) is 8.04. The SMILES string of the molecule is Cl.NCCCC(=O)Oc1cccc(-c2nc(N3CCOCC3)c3oc4ncccc4c3n2)c1. The van der Waals surface area contributed by atoms with Gasteiger partial charge in [-0.25, -0.2) is 15.0 Å². The van der Waals surface area contributed by atoms with Crippen molar-refractivity contribution in [2.45, 2.75) is 12.8 Å². The lowest BCUT2D eigenvalue weighted by Gasteiger charge is -2.27. The van der Waals surface area contributed by atoms with Crippen molar-refractivity contribution in [1.29, 1.82) is 0 Å². The first-order valence-corrected chi connectivity index (χ1v) is 10.6. The summed E-state index contributed by atoms with van der Waals surface area (Å²) in [6.45, 7) is 3.09. The van der Waals surface area contributed by atoms with Gasteiger partial charge in [0.05, 0.1) is 18.6 Å². The van der Waals surface area contributed by atoms with E-state index in [-0.39, 0.29) is 24.8 Å². The standard InChI is InChI=1S/C23H23N5O4.ClH/c24-8-2-7-18(29)31-16-5-1-4-15(14-16)21-26-19-17-6-3-9-25-23(17)32-20(19)22(27-21)28-10-12-30-13-11-28;/h1,3-6,9,14H,2,7-8,10-13,24H2;1H. The first-order valence-electron chi connectivity index (χ1n) is 10.6. The Balaban J connectivity index is 0.00000259. The maximum Gasteiger partial charge on any atom is 0.311 e. The number of morpholine rings is 1. The van der Waals surface area contributed by atoms with E-state index < -0.39 is 0 Å². The van der Waals surface area contributed by atoms with Crippen LogP contribution in [-0.2, 0) is 9.53 Å². The molecule has 4 heterocycles. The first kappa shape index (κ1) is 22.9. The molecule has 172 valence electrons. The fourth-order valence-electron chi connectivity index (χ4n) is 3.71. The third kappa shape index (κ3) is 4.75. The molecule has 9 nitrogen and oxygen atoms in total. The summed E-state index contributed by atoms with van der Waals surface area (Å²) < 4.78 is 17.0. The molecule has 1 saturated heterocycles. The van der Waals surface area contributed by atoms with Crippen LogP contribution in [-0.4, -0.2) is 53.8 Å². The monoisotopic (exact) mass is 469 g/mol. The normalized spacial score (nSPS) is 13.8. The number of benzene rings is 1. The second-order valence-electron chi connectivity index (χ2n) is 7.50. The highest BCUT2D eigenvalue weighted by atomic mass is 35.5. The zero-order chi connectivity index (χ0) is 21.9. The van der Waals surface area contributed by atoms with Gasteiger partial charge in [0.1, 0.15) is 11.3 Å². The van der Waals surface area contributed by atoms with Gasteiger partial charge in [0, 0.05) is 31.3 Å². The molecule has 1 fully saturated rings. The van der Waals surface area contributed by atoms with Gasteiger partial charge in [-0.2, -0.15) is 0 Å². The third-order valence-electron chi connectivity index (χ3n) is 5.29. The minimum Gasteiger partial charge on any atom is -0.432 e. The summed E-state index contributed by atoms with van der Waals surface area (Å²) in [5.74, 6) is 1.35. The molecule has 3 aromatic heterocycles. The van der Waals surface area contributed by atoms with E-state index in [1.807, 2.05) is 24.3 Å². The van der Waals surface area contributed by atoms with Gasteiger partial charge in [-0.05, 0) is 37.2 Å². The number of hydrogen-bond donors (Lipinski definition) is 1. The molecule has 33 heavy (non-hydrogen) atoms. The number of nitrogens with two attached hydrogens (primary N) is 1. The molecule has 0 bridgehead atoms. The number of hydrogen-bond acceptors (Lipinski definition) is 9. The number of nitrogens with zero attached hydrogens (tertiary/aromatic N) is 4. The first-order chi connectivity index (χ1) is 15.7. The number of esters is 1. The Bertz CT molecular complexity index is 1270. The average Bonchev–Trinajstić information content (AvgIpc) is 3.21. The fourth-order valence-corrected chi connectivity index (χ4v) is 3.71.